The molecule has 0 aliphatic rings. The predicted octanol–water partition coefficient (Wildman–Crippen LogP) is 0.458. The van der Waals surface area contributed by atoms with Crippen LogP contribution in [0.3, 0.4) is 0 Å². The van der Waals surface area contributed by atoms with Gasteiger partial charge in [-0.05, 0) is 19.2 Å². The first-order valence-corrected chi connectivity index (χ1v) is 5.41. The van der Waals surface area contributed by atoms with E-state index in [4.69, 9.17) is 0 Å². The largest absolute Gasteiger partial charge is 0.373 e. The van der Waals surface area contributed by atoms with Gasteiger partial charge in [-0.15, -0.1) is 0 Å². The van der Waals surface area contributed by atoms with Crippen LogP contribution in [0, 0.1) is 0 Å². The molecule has 0 atom stereocenters. The van der Waals surface area contributed by atoms with Gasteiger partial charge in [-0.3, -0.25) is 4.79 Å². The van der Waals surface area contributed by atoms with E-state index in [0.717, 1.165) is 12.2 Å². The molecule has 0 bridgehead atoms. The fourth-order valence-electron chi connectivity index (χ4n) is 1.40. The lowest BCUT2D eigenvalue weighted by molar-refractivity contribution is -0.120. The van der Waals surface area contributed by atoms with Gasteiger partial charge in [0.2, 0.25) is 5.91 Å². The van der Waals surface area contributed by atoms with Crippen LogP contribution in [0.25, 0.3) is 0 Å². The molecule has 0 unspecified atom stereocenters. The highest BCUT2D eigenvalue weighted by Crippen LogP contribution is 2.09. The first-order valence-electron chi connectivity index (χ1n) is 5.41. The van der Waals surface area contributed by atoms with E-state index in [1.165, 1.54) is 0 Å². The zero-order valence-electron chi connectivity index (χ0n) is 9.86. The number of hydrogen-bond acceptors (Lipinski definition) is 3. The van der Waals surface area contributed by atoms with Gasteiger partial charge in [0.15, 0.2) is 0 Å². The molecular formula is C12H19N3O. The van der Waals surface area contributed by atoms with Gasteiger partial charge in [0.1, 0.15) is 0 Å². The van der Waals surface area contributed by atoms with Gasteiger partial charge >= 0.3 is 0 Å². The SMILES string of the molecule is CNCC(=O)NCCN(C)c1ccccc1. The molecule has 1 aromatic carbocycles. The number of amides is 1. The number of carbonyl (C=O) groups excluding carboxylic acids is 1. The third-order valence-corrected chi connectivity index (χ3v) is 2.30. The summed E-state index contributed by atoms with van der Waals surface area (Å²) in [7, 11) is 3.77. The van der Waals surface area contributed by atoms with E-state index in [1.54, 1.807) is 7.05 Å². The fraction of sp³-hybridized carbons (Fsp3) is 0.417. The van der Waals surface area contributed by atoms with E-state index in [-0.39, 0.29) is 5.91 Å². The molecule has 2 N–H and O–H groups in total. The first-order chi connectivity index (χ1) is 7.74. The molecule has 4 heteroatoms. The molecule has 4 nitrogen and oxygen atoms in total. The average Bonchev–Trinajstić information content (AvgIpc) is 2.30. The van der Waals surface area contributed by atoms with E-state index in [0.29, 0.717) is 13.1 Å². The second-order valence-corrected chi connectivity index (χ2v) is 3.64. The van der Waals surface area contributed by atoms with Crippen LogP contribution in [0.1, 0.15) is 0 Å². The molecule has 0 saturated heterocycles. The van der Waals surface area contributed by atoms with Crippen molar-refractivity contribution in [1.29, 1.82) is 0 Å². The second-order valence-electron chi connectivity index (χ2n) is 3.64. The Morgan fingerprint density at radius 3 is 2.62 bits per heavy atom. The number of nitrogens with zero attached hydrogens (tertiary/aromatic N) is 1. The summed E-state index contributed by atoms with van der Waals surface area (Å²) in [5.74, 6) is 0.0314. The van der Waals surface area contributed by atoms with Crippen LogP contribution in [0.2, 0.25) is 0 Å². The van der Waals surface area contributed by atoms with Crippen LogP contribution >= 0.6 is 0 Å². The minimum atomic E-state index is 0.0314. The average molecular weight is 221 g/mol. The summed E-state index contributed by atoms with van der Waals surface area (Å²) < 4.78 is 0. The van der Waals surface area contributed by atoms with Crippen LogP contribution in [0.4, 0.5) is 5.69 Å². The zero-order chi connectivity index (χ0) is 11.8. The van der Waals surface area contributed by atoms with Gasteiger partial charge in [0.25, 0.3) is 0 Å². The van der Waals surface area contributed by atoms with Gasteiger partial charge in [-0.25, -0.2) is 0 Å². The summed E-state index contributed by atoms with van der Waals surface area (Å²) in [5, 5.41) is 5.65. The van der Waals surface area contributed by atoms with Crippen LogP contribution in [-0.2, 0) is 4.79 Å². The second kappa shape index (κ2) is 6.85. The Morgan fingerprint density at radius 2 is 2.00 bits per heavy atom. The van der Waals surface area contributed by atoms with E-state index in [2.05, 4.69) is 27.7 Å². The third kappa shape index (κ3) is 4.31. The maximum absolute atomic E-state index is 11.2. The Labute approximate surface area is 96.6 Å². The molecule has 1 amide bonds. The maximum Gasteiger partial charge on any atom is 0.234 e. The lowest BCUT2D eigenvalue weighted by atomic mass is 10.3. The highest BCUT2D eigenvalue weighted by Gasteiger charge is 2.01. The molecule has 0 aliphatic heterocycles. The number of anilines is 1. The number of carbonyl (C=O) groups is 1. The molecule has 0 saturated carbocycles. The zero-order valence-corrected chi connectivity index (χ0v) is 9.86. The summed E-state index contributed by atoms with van der Waals surface area (Å²) >= 11 is 0. The van der Waals surface area contributed by atoms with Crippen molar-refractivity contribution in [1.82, 2.24) is 10.6 Å². The van der Waals surface area contributed by atoms with Crippen LogP contribution in [-0.4, -0.2) is 39.6 Å². The van der Waals surface area contributed by atoms with Crippen molar-refractivity contribution < 1.29 is 4.79 Å². The summed E-state index contributed by atoms with van der Waals surface area (Å²) in [5.41, 5.74) is 1.16. The van der Waals surface area contributed by atoms with Crippen LogP contribution in [0.5, 0.6) is 0 Å². The molecule has 88 valence electrons. The van der Waals surface area contributed by atoms with Crippen molar-refractivity contribution in [2.45, 2.75) is 0 Å². The van der Waals surface area contributed by atoms with Crippen molar-refractivity contribution in [2.75, 3.05) is 38.6 Å². The van der Waals surface area contributed by atoms with Crippen molar-refractivity contribution >= 4 is 11.6 Å². The van der Waals surface area contributed by atoms with Crippen molar-refractivity contribution in [3.63, 3.8) is 0 Å². The Hall–Kier alpha value is -1.55. The Kier molecular flexibility index (Phi) is 5.36. The summed E-state index contributed by atoms with van der Waals surface area (Å²) in [6.45, 7) is 1.83. The number of likely N-dealkylation sites (N-methyl/N-ethyl adjacent to an activating group) is 2. The summed E-state index contributed by atoms with van der Waals surface area (Å²) in [4.78, 5) is 13.3. The molecule has 1 rings (SSSR count). The molecule has 0 aliphatic carbocycles. The maximum atomic E-state index is 11.2. The smallest absolute Gasteiger partial charge is 0.234 e. The van der Waals surface area contributed by atoms with Crippen molar-refractivity contribution in [3.05, 3.63) is 30.3 Å². The quantitative estimate of drug-likeness (QED) is 0.733. The van der Waals surface area contributed by atoms with Gasteiger partial charge in [0.05, 0.1) is 6.54 Å². The Morgan fingerprint density at radius 1 is 1.31 bits per heavy atom. The highest BCUT2D eigenvalue weighted by atomic mass is 16.1. The van der Waals surface area contributed by atoms with Gasteiger partial charge in [-0.1, -0.05) is 18.2 Å². The Bertz CT molecular complexity index is 313. The molecular weight excluding hydrogens is 202 g/mol. The molecule has 0 aromatic heterocycles. The number of hydrogen-bond donors (Lipinski definition) is 2. The molecule has 16 heavy (non-hydrogen) atoms. The standard InChI is InChI=1S/C12H19N3O/c1-13-10-12(16)14-8-9-15(2)11-6-4-3-5-7-11/h3-7,13H,8-10H2,1-2H3,(H,14,16). The summed E-state index contributed by atoms with van der Waals surface area (Å²) in [6.07, 6.45) is 0. The number of rotatable bonds is 6. The molecule has 0 spiro atoms. The first kappa shape index (κ1) is 12.5. The highest BCUT2D eigenvalue weighted by molar-refractivity contribution is 5.77. The van der Waals surface area contributed by atoms with Crippen molar-refractivity contribution in [3.8, 4) is 0 Å². The lowest BCUT2D eigenvalue weighted by Crippen LogP contribution is -2.37. The molecule has 1 aromatic rings. The van der Waals surface area contributed by atoms with E-state index in [1.807, 2.05) is 25.2 Å². The number of benzene rings is 1. The Balaban J connectivity index is 2.26. The van der Waals surface area contributed by atoms with E-state index >= 15 is 0 Å². The normalized spacial score (nSPS) is 9.88. The third-order valence-electron chi connectivity index (χ3n) is 2.30. The van der Waals surface area contributed by atoms with E-state index < -0.39 is 0 Å². The molecule has 0 radical (unpaired) electrons. The monoisotopic (exact) mass is 221 g/mol. The minimum Gasteiger partial charge on any atom is -0.373 e. The van der Waals surface area contributed by atoms with Gasteiger partial charge < -0.3 is 15.5 Å². The van der Waals surface area contributed by atoms with Gasteiger partial charge in [-0.2, -0.15) is 0 Å². The van der Waals surface area contributed by atoms with Crippen LogP contribution < -0.4 is 15.5 Å². The van der Waals surface area contributed by atoms with Crippen LogP contribution in [0.15, 0.2) is 30.3 Å². The fourth-order valence-corrected chi connectivity index (χ4v) is 1.40. The minimum absolute atomic E-state index is 0.0314. The van der Waals surface area contributed by atoms with Crippen molar-refractivity contribution in [2.24, 2.45) is 0 Å². The molecule has 0 heterocycles. The summed E-state index contributed by atoms with van der Waals surface area (Å²) in [6, 6.07) is 10.1. The van der Waals surface area contributed by atoms with Gasteiger partial charge in [0, 0.05) is 25.8 Å². The predicted molar refractivity (Wildman–Crippen MR) is 66.6 cm³/mol. The lowest BCUT2D eigenvalue weighted by Gasteiger charge is -2.19. The number of para-hydroxylation sites is 1. The number of nitrogens with one attached hydrogen (secondary N) is 2. The topological polar surface area (TPSA) is 44.4 Å². The molecule has 0 fully saturated rings. The van der Waals surface area contributed by atoms with E-state index in [9.17, 15) is 4.79 Å².